The molecule has 0 N–H and O–H groups in total. The Balaban J connectivity index is 1.39. The first-order valence-corrected chi connectivity index (χ1v) is 12.5. The maximum atomic E-state index is 14.0. The van der Waals surface area contributed by atoms with Gasteiger partial charge >= 0.3 is 0 Å². The van der Waals surface area contributed by atoms with Gasteiger partial charge in [-0.25, -0.2) is 4.39 Å². The van der Waals surface area contributed by atoms with E-state index in [0.29, 0.717) is 18.2 Å². The first-order valence-electron chi connectivity index (χ1n) is 12.1. The summed E-state index contributed by atoms with van der Waals surface area (Å²) in [5, 5.41) is 0.720. The summed E-state index contributed by atoms with van der Waals surface area (Å²) in [5.41, 5.74) is 6.60. The Morgan fingerprint density at radius 1 is 1.06 bits per heavy atom. The lowest BCUT2D eigenvalue weighted by Gasteiger charge is -2.33. The van der Waals surface area contributed by atoms with Crippen LogP contribution in [0.1, 0.15) is 54.5 Å². The number of carbonyl (C=O) groups is 1. The lowest BCUT2D eigenvalue weighted by atomic mass is 9.88. The molecular formula is C27H31ClFN3O. The molecule has 2 aromatic rings. The number of halogens is 2. The maximum Gasteiger partial charge on any atom is 0.222 e. The van der Waals surface area contributed by atoms with Gasteiger partial charge in [-0.3, -0.25) is 9.78 Å². The highest BCUT2D eigenvalue weighted by atomic mass is 35.5. The summed E-state index contributed by atoms with van der Waals surface area (Å²) in [6.45, 7) is 3.66. The molecule has 2 fully saturated rings. The SMILES string of the molecule is CN1CCC(CC(=O)N2CCC(=C3c4ccc(Cl)cc4CCc4cc(F)cnc43)CC2)CC1. The zero-order valence-corrected chi connectivity index (χ0v) is 20.0. The van der Waals surface area contributed by atoms with Crippen LogP contribution in [0.4, 0.5) is 4.39 Å². The summed E-state index contributed by atoms with van der Waals surface area (Å²) in [7, 11) is 2.15. The number of hydrogen-bond acceptors (Lipinski definition) is 3. The molecule has 1 aliphatic carbocycles. The van der Waals surface area contributed by atoms with Crippen molar-refractivity contribution in [3.8, 4) is 0 Å². The van der Waals surface area contributed by atoms with Crippen molar-refractivity contribution in [1.82, 2.24) is 14.8 Å². The average molecular weight is 468 g/mol. The molecule has 0 bridgehead atoms. The molecule has 6 heteroatoms. The number of fused-ring (bicyclic) bond motifs is 2. The molecule has 3 aliphatic rings. The molecule has 0 radical (unpaired) electrons. The first-order chi connectivity index (χ1) is 16.0. The number of hydrogen-bond donors (Lipinski definition) is 0. The molecule has 2 aliphatic heterocycles. The van der Waals surface area contributed by atoms with Crippen molar-refractivity contribution < 1.29 is 9.18 Å². The molecule has 2 saturated heterocycles. The molecule has 4 nitrogen and oxygen atoms in total. The highest BCUT2D eigenvalue weighted by molar-refractivity contribution is 6.30. The molecule has 5 rings (SSSR count). The summed E-state index contributed by atoms with van der Waals surface area (Å²) < 4.78 is 14.0. The van der Waals surface area contributed by atoms with E-state index < -0.39 is 0 Å². The van der Waals surface area contributed by atoms with Crippen molar-refractivity contribution in [3.05, 3.63) is 69.3 Å². The summed E-state index contributed by atoms with van der Waals surface area (Å²) in [4.78, 5) is 21.9. The van der Waals surface area contributed by atoms with Gasteiger partial charge in [-0.05, 0) is 99.5 Å². The van der Waals surface area contributed by atoms with E-state index in [1.807, 2.05) is 17.0 Å². The van der Waals surface area contributed by atoms with Crippen LogP contribution in [-0.4, -0.2) is 53.9 Å². The van der Waals surface area contributed by atoms with Crippen LogP contribution in [0.15, 0.2) is 36.0 Å². The highest BCUT2D eigenvalue weighted by Gasteiger charge is 2.28. The number of nitrogens with zero attached hydrogens (tertiary/aromatic N) is 3. The van der Waals surface area contributed by atoms with Gasteiger partial charge in [-0.15, -0.1) is 0 Å². The second-order valence-electron chi connectivity index (χ2n) is 9.77. The van der Waals surface area contributed by atoms with Crippen molar-refractivity contribution in [2.75, 3.05) is 33.2 Å². The zero-order chi connectivity index (χ0) is 22.9. The normalized spacial score (nSPS) is 19.8. The molecule has 33 heavy (non-hydrogen) atoms. The van der Waals surface area contributed by atoms with Crippen LogP contribution in [0.2, 0.25) is 5.02 Å². The minimum Gasteiger partial charge on any atom is -0.342 e. The van der Waals surface area contributed by atoms with Crippen LogP contribution >= 0.6 is 11.6 Å². The minimum absolute atomic E-state index is 0.294. The monoisotopic (exact) mass is 467 g/mol. The van der Waals surface area contributed by atoms with Gasteiger partial charge < -0.3 is 9.80 Å². The Morgan fingerprint density at radius 3 is 2.55 bits per heavy atom. The van der Waals surface area contributed by atoms with Crippen molar-refractivity contribution in [2.24, 2.45) is 5.92 Å². The fourth-order valence-electron chi connectivity index (χ4n) is 5.58. The van der Waals surface area contributed by atoms with Gasteiger partial charge in [-0.2, -0.15) is 0 Å². The van der Waals surface area contributed by atoms with Gasteiger partial charge in [0.2, 0.25) is 5.91 Å². The fourth-order valence-corrected chi connectivity index (χ4v) is 5.78. The number of aryl methyl sites for hydroxylation is 2. The Hall–Kier alpha value is -2.24. The Labute approximate surface area is 200 Å². The molecule has 0 unspecified atom stereocenters. The maximum absolute atomic E-state index is 14.0. The molecule has 1 aromatic carbocycles. The number of aromatic nitrogens is 1. The molecule has 174 valence electrons. The number of carbonyl (C=O) groups excluding carboxylic acids is 1. The smallest absolute Gasteiger partial charge is 0.222 e. The summed E-state index contributed by atoms with van der Waals surface area (Å²) >= 11 is 6.30. The van der Waals surface area contributed by atoms with Crippen LogP contribution in [0.25, 0.3) is 5.57 Å². The largest absolute Gasteiger partial charge is 0.342 e. The zero-order valence-electron chi connectivity index (χ0n) is 19.2. The van der Waals surface area contributed by atoms with Crippen molar-refractivity contribution >= 4 is 23.1 Å². The predicted octanol–water partition coefficient (Wildman–Crippen LogP) is 5.13. The minimum atomic E-state index is -0.295. The molecule has 3 heterocycles. The van der Waals surface area contributed by atoms with Gasteiger partial charge in [0.25, 0.3) is 0 Å². The van der Waals surface area contributed by atoms with E-state index >= 15 is 0 Å². The number of rotatable bonds is 2. The summed E-state index contributed by atoms with van der Waals surface area (Å²) in [6.07, 6.45) is 7.43. The highest BCUT2D eigenvalue weighted by Crippen LogP contribution is 2.38. The lowest BCUT2D eigenvalue weighted by Crippen LogP contribution is -2.39. The number of amides is 1. The van der Waals surface area contributed by atoms with Crippen molar-refractivity contribution in [2.45, 2.75) is 44.9 Å². The fraction of sp³-hybridized carbons (Fsp3) is 0.481. The predicted molar refractivity (Wildman–Crippen MR) is 130 cm³/mol. The van der Waals surface area contributed by atoms with Crippen molar-refractivity contribution in [3.63, 3.8) is 0 Å². The Bertz CT molecular complexity index is 1030. The average Bonchev–Trinajstić information content (AvgIpc) is 2.97. The standard InChI is InChI=1S/C27H31ClFN3O/c1-31-10-6-18(7-11-31)14-25(33)32-12-8-19(9-13-32)26-24-5-4-22(28)15-20(24)2-3-21-16-23(29)17-30-27(21)26/h4-5,15-18H,2-3,6-14H2,1H3. The molecule has 0 atom stereocenters. The third-order valence-electron chi connectivity index (χ3n) is 7.55. The van der Waals surface area contributed by atoms with E-state index in [-0.39, 0.29) is 5.82 Å². The van der Waals surface area contributed by atoms with Gasteiger partial charge in [0.15, 0.2) is 0 Å². The van der Waals surface area contributed by atoms with E-state index in [2.05, 4.69) is 23.0 Å². The Morgan fingerprint density at radius 2 is 1.79 bits per heavy atom. The molecular weight excluding hydrogens is 437 g/mol. The van der Waals surface area contributed by atoms with Gasteiger partial charge in [-0.1, -0.05) is 23.2 Å². The second kappa shape index (κ2) is 9.55. The van der Waals surface area contributed by atoms with Crippen LogP contribution in [-0.2, 0) is 17.6 Å². The number of benzene rings is 1. The molecule has 0 spiro atoms. The lowest BCUT2D eigenvalue weighted by molar-refractivity contribution is -0.133. The third-order valence-corrected chi connectivity index (χ3v) is 7.78. The van der Waals surface area contributed by atoms with E-state index in [1.165, 1.54) is 17.3 Å². The quantitative estimate of drug-likeness (QED) is 0.614. The van der Waals surface area contributed by atoms with Crippen LogP contribution in [0.5, 0.6) is 0 Å². The summed E-state index contributed by atoms with van der Waals surface area (Å²) in [5.74, 6) is 0.511. The van der Waals surface area contributed by atoms with E-state index in [1.54, 1.807) is 6.07 Å². The van der Waals surface area contributed by atoms with Gasteiger partial charge in [0, 0.05) is 30.1 Å². The van der Waals surface area contributed by atoms with Crippen LogP contribution < -0.4 is 0 Å². The van der Waals surface area contributed by atoms with E-state index in [9.17, 15) is 9.18 Å². The van der Waals surface area contributed by atoms with Gasteiger partial charge in [0.05, 0.1) is 11.9 Å². The number of pyridine rings is 1. The van der Waals surface area contributed by atoms with E-state index in [4.69, 9.17) is 11.6 Å². The second-order valence-corrected chi connectivity index (χ2v) is 10.2. The first kappa shape index (κ1) is 22.5. The number of piperidine rings is 2. The van der Waals surface area contributed by atoms with Gasteiger partial charge in [0.1, 0.15) is 5.82 Å². The van der Waals surface area contributed by atoms with Crippen LogP contribution in [0, 0.1) is 11.7 Å². The van der Waals surface area contributed by atoms with Crippen molar-refractivity contribution in [1.29, 1.82) is 0 Å². The Kier molecular flexibility index (Phi) is 6.53. The topological polar surface area (TPSA) is 36.4 Å². The molecule has 1 aromatic heterocycles. The van der Waals surface area contributed by atoms with E-state index in [0.717, 1.165) is 92.1 Å². The molecule has 1 amide bonds. The third kappa shape index (κ3) is 4.85. The molecule has 0 saturated carbocycles. The van der Waals surface area contributed by atoms with Crippen LogP contribution in [0.3, 0.4) is 0 Å². The summed E-state index contributed by atoms with van der Waals surface area (Å²) in [6, 6.07) is 7.66. The number of likely N-dealkylation sites (tertiary alicyclic amines) is 2.